The van der Waals surface area contributed by atoms with Gasteiger partial charge in [0.2, 0.25) is 0 Å². The molecule has 2 rings (SSSR count). The summed E-state index contributed by atoms with van der Waals surface area (Å²) in [7, 11) is -16.1. The topological polar surface area (TPSA) is 37.1 Å². The third kappa shape index (κ3) is 3.45. The SMILES string of the molecule is FP1(F)=NP(F)(F)=NP(F)(C#CC2=CC=CC2)=N1. The van der Waals surface area contributed by atoms with Crippen LogP contribution in [0.5, 0.6) is 0 Å². The first-order valence-corrected chi connectivity index (χ1v) is 9.02. The van der Waals surface area contributed by atoms with E-state index in [2.05, 4.69) is 15.0 Å². The second kappa shape index (κ2) is 4.49. The lowest BCUT2D eigenvalue weighted by Crippen LogP contribution is -1.74. The van der Waals surface area contributed by atoms with Gasteiger partial charge < -0.3 is 0 Å². The maximum atomic E-state index is 13.8. The smallest absolute Gasteiger partial charge is 0.168 e. The molecular formula is C7H5F5N3P3. The highest BCUT2D eigenvalue weighted by Gasteiger charge is 2.38. The molecule has 11 heteroatoms. The molecule has 18 heavy (non-hydrogen) atoms. The Hall–Kier alpha value is -0.620. The van der Waals surface area contributed by atoms with Gasteiger partial charge in [-0.1, -0.05) is 24.1 Å². The zero-order valence-corrected chi connectivity index (χ0v) is 11.2. The molecule has 0 aromatic rings. The van der Waals surface area contributed by atoms with Crippen LogP contribution in [0.4, 0.5) is 21.0 Å². The van der Waals surface area contributed by atoms with Crippen molar-refractivity contribution in [2.24, 2.45) is 13.5 Å². The van der Waals surface area contributed by atoms with Gasteiger partial charge in [0.1, 0.15) is 0 Å². The molecule has 0 saturated heterocycles. The van der Waals surface area contributed by atoms with Gasteiger partial charge in [-0.3, -0.25) is 0 Å². The predicted molar refractivity (Wildman–Crippen MR) is 63.2 cm³/mol. The van der Waals surface area contributed by atoms with Gasteiger partial charge in [0, 0.05) is 11.2 Å². The molecule has 0 aromatic carbocycles. The largest absolute Gasteiger partial charge is 0.424 e. The van der Waals surface area contributed by atoms with Gasteiger partial charge in [-0.05, 0) is 6.42 Å². The second-order valence-electron chi connectivity index (χ2n) is 3.27. The molecule has 0 bridgehead atoms. The minimum atomic E-state index is -5.65. The van der Waals surface area contributed by atoms with Crippen molar-refractivity contribution < 1.29 is 21.0 Å². The summed E-state index contributed by atoms with van der Waals surface area (Å²) in [6.45, 7) is 0. The van der Waals surface area contributed by atoms with Crippen molar-refractivity contribution in [1.29, 1.82) is 0 Å². The Morgan fingerprint density at radius 2 is 1.67 bits per heavy atom. The van der Waals surface area contributed by atoms with Gasteiger partial charge in [-0.25, -0.2) is 0 Å². The van der Waals surface area contributed by atoms with E-state index >= 15 is 0 Å². The Morgan fingerprint density at radius 3 is 2.22 bits per heavy atom. The first kappa shape index (κ1) is 13.8. The van der Waals surface area contributed by atoms with Crippen LogP contribution >= 0.6 is 23.2 Å². The molecule has 0 fully saturated rings. The maximum absolute atomic E-state index is 13.8. The number of halogens is 5. The molecule has 1 atom stereocenters. The summed E-state index contributed by atoms with van der Waals surface area (Å²) in [5.74, 6) is 2.23. The van der Waals surface area contributed by atoms with Gasteiger partial charge in [-0.15, -0.1) is 30.3 Å². The van der Waals surface area contributed by atoms with E-state index in [1.165, 1.54) is 6.08 Å². The molecule has 1 unspecified atom stereocenters. The van der Waals surface area contributed by atoms with Crippen molar-refractivity contribution in [3.8, 4) is 11.6 Å². The van der Waals surface area contributed by atoms with E-state index in [-0.39, 0.29) is 0 Å². The molecule has 0 radical (unpaired) electrons. The van der Waals surface area contributed by atoms with Crippen LogP contribution in [0, 0.1) is 11.6 Å². The summed E-state index contributed by atoms with van der Waals surface area (Å²) in [6.07, 6.45) is 5.30. The highest BCUT2D eigenvalue weighted by Crippen LogP contribution is 2.81. The van der Waals surface area contributed by atoms with Gasteiger partial charge in [0.15, 0.2) is 0 Å². The Morgan fingerprint density at radius 1 is 1.00 bits per heavy atom. The fourth-order valence-corrected chi connectivity index (χ4v) is 6.55. The summed E-state index contributed by atoms with van der Waals surface area (Å²) in [5.41, 5.74) is 2.19. The summed E-state index contributed by atoms with van der Waals surface area (Å²) in [4.78, 5) is 0. The lowest BCUT2D eigenvalue weighted by Gasteiger charge is -2.11. The molecule has 0 spiro atoms. The van der Waals surface area contributed by atoms with Gasteiger partial charge in [0.25, 0.3) is 0 Å². The minimum absolute atomic E-state index is 0.411. The number of allylic oxidation sites excluding steroid dienone is 4. The van der Waals surface area contributed by atoms with E-state index in [9.17, 15) is 21.0 Å². The molecular weight excluding hydrogens is 314 g/mol. The molecule has 1 heterocycles. The number of rotatable bonds is 0. The number of hydrogen-bond donors (Lipinski definition) is 0. The van der Waals surface area contributed by atoms with Crippen LogP contribution in [0.15, 0.2) is 37.3 Å². The van der Waals surface area contributed by atoms with Crippen LogP contribution in [0.25, 0.3) is 0 Å². The monoisotopic (exact) mass is 319 g/mol. The summed E-state index contributed by atoms with van der Waals surface area (Å²) in [5, 5.41) is 0. The van der Waals surface area contributed by atoms with E-state index in [1.807, 2.05) is 4.52 Å². The average Bonchev–Trinajstić information content (AvgIpc) is 2.60. The van der Waals surface area contributed by atoms with Gasteiger partial charge in [-0.2, -0.15) is 4.20 Å². The van der Waals surface area contributed by atoms with E-state index in [4.69, 9.17) is 0 Å². The highest BCUT2D eigenvalue weighted by molar-refractivity contribution is 7.81. The zero-order chi connectivity index (χ0) is 13.4. The van der Waals surface area contributed by atoms with E-state index in [1.54, 1.807) is 17.8 Å². The standard InChI is InChI=1S/C7H5F5N3P3/c8-16(6-5-7-3-1-2-4-7)13-17(9,10)15-18(11,12)14-16/h1-3H,4H2. The first-order valence-electron chi connectivity index (χ1n) is 4.49. The normalized spacial score (nSPS) is 31.3. The van der Waals surface area contributed by atoms with Crippen LogP contribution in [-0.2, 0) is 0 Å². The van der Waals surface area contributed by atoms with Crippen LogP contribution in [0.1, 0.15) is 6.42 Å². The van der Waals surface area contributed by atoms with Gasteiger partial charge >= 0.3 is 23.2 Å². The quantitative estimate of drug-likeness (QED) is 0.273. The Bertz CT molecular complexity index is 661. The lowest BCUT2D eigenvalue weighted by molar-refractivity contribution is 0.698. The Balaban J connectivity index is 2.47. The van der Waals surface area contributed by atoms with Crippen molar-refractivity contribution in [3.63, 3.8) is 0 Å². The van der Waals surface area contributed by atoms with Crippen molar-refractivity contribution >= 4 is 23.2 Å². The Labute approximate surface area is 100 Å². The second-order valence-corrected chi connectivity index (χ2v) is 8.51. The third-order valence-electron chi connectivity index (χ3n) is 1.80. The van der Waals surface area contributed by atoms with Crippen molar-refractivity contribution in [2.75, 3.05) is 0 Å². The van der Waals surface area contributed by atoms with E-state index in [0.29, 0.717) is 12.0 Å². The highest BCUT2D eigenvalue weighted by atomic mass is 31.3. The summed E-state index contributed by atoms with van der Waals surface area (Å²) < 4.78 is 72.0. The molecule has 3 nitrogen and oxygen atoms in total. The van der Waals surface area contributed by atoms with Crippen molar-refractivity contribution in [3.05, 3.63) is 23.8 Å². The van der Waals surface area contributed by atoms with Gasteiger partial charge in [0.05, 0.1) is 0 Å². The molecule has 98 valence electrons. The molecule has 2 aliphatic rings. The molecule has 1 aliphatic carbocycles. The van der Waals surface area contributed by atoms with Crippen LogP contribution in [0.2, 0.25) is 0 Å². The van der Waals surface area contributed by atoms with Crippen LogP contribution < -0.4 is 0 Å². The minimum Gasteiger partial charge on any atom is -0.168 e. The first-order chi connectivity index (χ1) is 8.20. The Kier molecular flexibility index (Phi) is 3.44. The van der Waals surface area contributed by atoms with Crippen LogP contribution in [0.3, 0.4) is 0 Å². The fourth-order valence-electron chi connectivity index (χ4n) is 1.20. The predicted octanol–water partition coefficient (Wildman–Crippen LogP) is 6.62. The lowest BCUT2D eigenvalue weighted by atomic mass is 10.2. The molecule has 0 aromatic heterocycles. The number of hydrogen-bond acceptors (Lipinski definition) is 3. The van der Waals surface area contributed by atoms with Crippen molar-refractivity contribution in [1.82, 2.24) is 0 Å². The average molecular weight is 319 g/mol. The zero-order valence-electron chi connectivity index (χ0n) is 8.51. The molecule has 0 amide bonds. The summed E-state index contributed by atoms with van der Waals surface area (Å²) in [6, 6.07) is 0. The van der Waals surface area contributed by atoms with Crippen molar-refractivity contribution in [2.45, 2.75) is 6.42 Å². The van der Waals surface area contributed by atoms with Crippen LogP contribution in [-0.4, -0.2) is 0 Å². The third-order valence-corrected chi connectivity index (χ3v) is 7.53. The van der Waals surface area contributed by atoms with E-state index < -0.39 is 23.2 Å². The number of nitrogens with zero attached hydrogens (tertiary/aromatic N) is 3. The summed E-state index contributed by atoms with van der Waals surface area (Å²) >= 11 is 0. The molecule has 0 saturated carbocycles. The van der Waals surface area contributed by atoms with E-state index in [0.717, 1.165) is 0 Å². The maximum Gasteiger partial charge on any atom is 0.424 e. The molecule has 0 N–H and O–H groups in total. The fraction of sp³-hybridized carbons (Fsp3) is 0.143. The molecule has 1 aliphatic heterocycles.